The van der Waals surface area contributed by atoms with Gasteiger partial charge in [0.1, 0.15) is 0 Å². The van der Waals surface area contributed by atoms with E-state index in [-0.39, 0.29) is 41.4 Å². The van der Waals surface area contributed by atoms with Crippen molar-refractivity contribution in [1.29, 1.82) is 0 Å². The van der Waals surface area contributed by atoms with Crippen LogP contribution in [0.1, 0.15) is 27.7 Å². The number of imide groups is 1. The van der Waals surface area contributed by atoms with E-state index in [1.54, 1.807) is 6.20 Å². The Labute approximate surface area is 123 Å². The Balaban J connectivity index is 2.31. The molecule has 1 saturated heterocycles. The Bertz CT molecular complexity index is 425. The summed E-state index contributed by atoms with van der Waals surface area (Å²) < 4.78 is 0. The SMILES string of the molecule is C/C(=C\NC(=O)NCCN1C(=O)CSC1=O)C(C)(C)C. The van der Waals surface area contributed by atoms with Gasteiger partial charge in [-0.1, -0.05) is 38.1 Å². The van der Waals surface area contributed by atoms with E-state index in [2.05, 4.69) is 31.4 Å². The quantitative estimate of drug-likeness (QED) is 0.831. The first kappa shape index (κ1) is 16.6. The Morgan fingerprint density at radius 2 is 2.05 bits per heavy atom. The molecule has 1 heterocycles. The fourth-order valence-corrected chi connectivity index (χ4v) is 2.07. The van der Waals surface area contributed by atoms with Gasteiger partial charge in [-0.3, -0.25) is 14.5 Å². The Kier molecular flexibility index (Phi) is 5.62. The third-order valence-electron chi connectivity index (χ3n) is 3.06. The van der Waals surface area contributed by atoms with E-state index in [9.17, 15) is 14.4 Å². The highest BCUT2D eigenvalue weighted by Gasteiger charge is 2.29. The molecule has 0 saturated carbocycles. The monoisotopic (exact) mass is 299 g/mol. The summed E-state index contributed by atoms with van der Waals surface area (Å²) in [5.41, 5.74) is 1.05. The number of thioether (sulfide) groups is 1. The molecule has 2 N–H and O–H groups in total. The highest BCUT2D eigenvalue weighted by atomic mass is 32.2. The standard InChI is InChI=1S/C13H21N3O3S/c1-9(13(2,3)4)7-15-11(18)14-5-6-16-10(17)8-20-12(16)19/h7H,5-6,8H2,1-4H3,(H2,14,15,18)/b9-7+. The molecule has 1 aliphatic heterocycles. The van der Waals surface area contributed by atoms with Gasteiger partial charge in [0.15, 0.2) is 0 Å². The first-order chi connectivity index (χ1) is 9.21. The van der Waals surface area contributed by atoms with Crippen molar-refractivity contribution in [3.63, 3.8) is 0 Å². The van der Waals surface area contributed by atoms with Gasteiger partial charge in [-0.2, -0.15) is 0 Å². The van der Waals surface area contributed by atoms with E-state index in [1.165, 1.54) is 0 Å². The number of carbonyl (C=O) groups is 3. The minimum Gasteiger partial charge on any atom is -0.336 e. The van der Waals surface area contributed by atoms with E-state index in [1.807, 2.05) is 6.92 Å². The Morgan fingerprint density at radius 3 is 2.55 bits per heavy atom. The predicted octanol–water partition coefficient (Wildman–Crippen LogP) is 1.93. The van der Waals surface area contributed by atoms with Crippen LogP contribution in [0.15, 0.2) is 11.8 Å². The number of rotatable bonds is 4. The fourth-order valence-electron chi connectivity index (χ4n) is 1.32. The lowest BCUT2D eigenvalue weighted by Gasteiger charge is -2.19. The maximum atomic E-state index is 11.6. The zero-order chi connectivity index (χ0) is 15.3. The van der Waals surface area contributed by atoms with Gasteiger partial charge in [0.05, 0.1) is 5.75 Å². The molecule has 1 fully saturated rings. The molecule has 0 aliphatic carbocycles. The summed E-state index contributed by atoms with van der Waals surface area (Å²) in [6, 6.07) is -0.347. The van der Waals surface area contributed by atoms with Crippen molar-refractivity contribution in [1.82, 2.24) is 15.5 Å². The van der Waals surface area contributed by atoms with Gasteiger partial charge in [-0.15, -0.1) is 0 Å². The van der Waals surface area contributed by atoms with Gasteiger partial charge >= 0.3 is 6.03 Å². The average molecular weight is 299 g/mol. The van der Waals surface area contributed by atoms with Gasteiger partial charge in [0, 0.05) is 19.3 Å². The molecule has 6 nitrogen and oxygen atoms in total. The number of hydrogen-bond donors (Lipinski definition) is 2. The largest absolute Gasteiger partial charge is 0.336 e. The van der Waals surface area contributed by atoms with Gasteiger partial charge in [0.25, 0.3) is 5.24 Å². The second-order valence-electron chi connectivity index (χ2n) is 5.58. The molecule has 0 aromatic heterocycles. The summed E-state index contributed by atoms with van der Waals surface area (Å²) in [6.07, 6.45) is 1.66. The molecule has 112 valence electrons. The van der Waals surface area contributed by atoms with Crippen LogP contribution in [0.5, 0.6) is 0 Å². The molecule has 0 atom stereocenters. The normalized spacial score (nSPS) is 16.6. The van der Waals surface area contributed by atoms with Crippen molar-refractivity contribution in [2.45, 2.75) is 27.7 Å². The zero-order valence-electron chi connectivity index (χ0n) is 12.3. The molecule has 4 amide bonds. The van der Waals surface area contributed by atoms with Gasteiger partial charge < -0.3 is 10.6 Å². The van der Waals surface area contributed by atoms with Crippen LogP contribution in [0.4, 0.5) is 9.59 Å². The Morgan fingerprint density at radius 1 is 1.40 bits per heavy atom. The molecule has 0 radical (unpaired) electrons. The van der Waals surface area contributed by atoms with Crippen molar-refractivity contribution in [2.75, 3.05) is 18.8 Å². The second kappa shape index (κ2) is 6.78. The zero-order valence-corrected chi connectivity index (χ0v) is 13.1. The first-order valence-corrected chi connectivity index (χ1v) is 7.39. The summed E-state index contributed by atoms with van der Waals surface area (Å²) in [5, 5.41) is 4.99. The topological polar surface area (TPSA) is 78.5 Å². The van der Waals surface area contributed by atoms with Crippen LogP contribution in [-0.2, 0) is 4.79 Å². The second-order valence-corrected chi connectivity index (χ2v) is 6.50. The van der Waals surface area contributed by atoms with Crippen molar-refractivity contribution in [3.8, 4) is 0 Å². The lowest BCUT2D eigenvalue weighted by molar-refractivity contribution is -0.124. The molecule has 7 heteroatoms. The first-order valence-electron chi connectivity index (χ1n) is 6.40. The van der Waals surface area contributed by atoms with E-state index >= 15 is 0 Å². The van der Waals surface area contributed by atoms with Crippen LogP contribution in [0.25, 0.3) is 0 Å². The van der Waals surface area contributed by atoms with E-state index in [0.29, 0.717) is 0 Å². The summed E-state index contributed by atoms with van der Waals surface area (Å²) in [7, 11) is 0. The maximum absolute atomic E-state index is 11.6. The lowest BCUT2D eigenvalue weighted by atomic mass is 9.88. The van der Waals surface area contributed by atoms with E-state index < -0.39 is 0 Å². The maximum Gasteiger partial charge on any atom is 0.318 e. The molecule has 0 spiro atoms. The van der Waals surface area contributed by atoms with Gasteiger partial charge in [0.2, 0.25) is 5.91 Å². The molecular weight excluding hydrogens is 278 g/mol. The number of nitrogens with zero attached hydrogens (tertiary/aromatic N) is 1. The number of allylic oxidation sites excluding steroid dienone is 1. The van der Waals surface area contributed by atoms with Crippen molar-refractivity contribution in [2.24, 2.45) is 5.41 Å². The number of hydrogen-bond acceptors (Lipinski definition) is 4. The van der Waals surface area contributed by atoms with E-state index in [4.69, 9.17) is 0 Å². The minimum atomic E-state index is -0.347. The number of nitrogens with one attached hydrogen (secondary N) is 2. The number of amides is 4. The van der Waals surface area contributed by atoms with Crippen molar-refractivity contribution < 1.29 is 14.4 Å². The summed E-state index contributed by atoms with van der Waals surface area (Å²) in [4.78, 5) is 35.4. The van der Waals surface area contributed by atoms with Crippen LogP contribution in [0.2, 0.25) is 0 Å². The molecule has 0 aromatic carbocycles. The smallest absolute Gasteiger partial charge is 0.318 e. The molecule has 0 aromatic rings. The summed E-state index contributed by atoms with van der Waals surface area (Å²) in [5.74, 6) is -0.0101. The van der Waals surface area contributed by atoms with Crippen LogP contribution >= 0.6 is 11.8 Å². The fraction of sp³-hybridized carbons (Fsp3) is 0.615. The van der Waals surface area contributed by atoms with Gasteiger partial charge in [-0.05, 0) is 12.3 Å². The predicted molar refractivity (Wildman–Crippen MR) is 79.3 cm³/mol. The summed E-state index contributed by atoms with van der Waals surface area (Å²) in [6.45, 7) is 8.56. The Hall–Kier alpha value is -1.50. The molecular formula is C13H21N3O3S. The highest BCUT2D eigenvalue weighted by Crippen LogP contribution is 2.23. The average Bonchev–Trinajstić information content (AvgIpc) is 2.66. The van der Waals surface area contributed by atoms with Gasteiger partial charge in [-0.25, -0.2) is 4.79 Å². The third kappa shape index (κ3) is 4.88. The molecule has 1 rings (SSSR count). The third-order valence-corrected chi connectivity index (χ3v) is 3.92. The van der Waals surface area contributed by atoms with Crippen molar-refractivity contribution in [3.05, 3.63) is 11.8 Å². The summed E-state index contributed by atoms with van der Waals surface area (Å²) >= 11 is 0.989. The molecule has 0 unspecified atom stereocenters. The molecule has 20 heavy (non-hydrogen) atoms. The van der Waals surface area contributed by atoms with Crippen LogP contribution < -0.4 is 10.6 Å². The number of urea groups is 1. The van der Waals surface area contributed by atoms with Crippen LogP contribution in [-0.4, -0.2) is 40.9 Å². The van der Waals surface area contributed by atoms with Crippen LogP contribution in [0.3, 0.4) is 0 Å². The van der Waals surface area contributed by atoms with E-state index in [0.717, 1.165) is 22.2 Å². The highest BCUT2D eigenvalue weighted by molar-refractivity contribution is 8.14. The van der Waals surface area contributed by atoms with Crippen molar-refractivity contribution >= 4 is 28.9 Å². The lowest BCUT2D eigenvalue weighted by Crippen LogP contribution is -2.40. The number of carbonyl (C=O) groups excluding carboxylic acids is 3. The van der Waals surface area contributed by atoms with Crippen LogP contribution in [0, 0.1) is 5.41 Å². The molecule has 0 bridgehead atoms. The molecule has 1 aliphatic rings. The minimum absolute atomic E-state index is 0.00110.